The van der Waals surface area contributed by atoms with Gasteiger partial charge in [0, 0.05) is 22.2 Å². The Hall–Kier alpha value is -3.08. The average molecular weight is 428 g/mol. The fourth-order valence-electron chi connectivity index (χ4n) is 2.74. The molecule has 2 N–H and O–H groups in total. The third kappa shape index (κ3) is 2.87. The van der Waals surface area contributed by atoms with Crippen molar-refractivity contribution in [2.75, 3.05) is 5.32 Å². The summed E-state index contributed by atoms with van der Waals surface area (Å²) in [6.45, 7) is 0. The zero-order valence-corrected chi connectivity index (χ0v) is 16.3. The van der Waals surface area contributed by atoms with Gasteiger partial charge in [0.25, 0.3) is 5.91 Å². The van der Waals surface area contributed by atoms with E-state index in [0.29, 0.717) is 26.6 Å². The van der Waals surface area contributed by atoms with Crippen LogP contribution in [0.2, 0.25) is 5.02 Å². The predicted octanol–water partition coefficient (Wildman–Crippen LogP) is 4.23. The molecule has 0 saturated carbocycles. The Morgan fingerprint density at radius 3 is 3.00 bits per heavy atom. The molecule has 0 unspecified atom stereocenters. The molecule has 4 heterocycles. The molecule has 0 aliphatic rings. The monoisotopic (exact) mass is 427 g/mol. The van der Waals surface area contributed by atoms with Crippen LogP contribution >= 0.6 is 34.3 Å². The normalized spacial score (nSPS) is 11.2. The molecule has 0 atom stereocenters. The molecule has 0 bridgehead atoms. The van der Waals surface area contributed by atoms with Crippen LogP contribution in [0.15, 0.2) is 48.4 Å². The van der Waals surface area contributed by atoms with Gasteiger partial charge in [-0.15, -0.1) is 11.3 Å². The van der Waals surface area contributed by atoms with E-state index in [4.69, 9.17) is 11.6 Å². The summed E-state index contributed by atoms with van der Waals surface area (Å²) >= 11 is 8.94. The molecular formula is C17H10ClN7OS2. The molecule has 5 rings (SSSR count). The van der Waals surface area contributed by atoms with Gasteiger partial charge in [-0.2, -0.15) is 5.10 Å². The van der Waals surface area contributed by atoms with Gasteiger partial charge < -0.3 is 0 Å². The number of imidazole rings is 1. The van der Waals surface area contributed by atoms with E-state index in [2.05, 4.69) is 30.5 Å². The van der Waals surface area contributed by atoms with Crippen molar-refractivity contribution in [2.24, 2.45) is 0 Å². The molecule has 138 valence electrons. The van der Waals surface area contributed by atoms with Crippen molar-refractivity contribution in [3.05, 3.63) is 58.4 Å². The average Bonchev–Trinajstić information content (AvgIpc) is 3.46. The van der Waals surface area contributed by atoms with Gasteiger partial charge in [0.05, 0.1) is 11.9 Å². The van der Waals surface area contributed by atoms with E-state index >= 15 is 0 Å². The van der Waals surface area contributed by atoms with E-state index in [1.165, 1.54) is 22.7 Å². The fraction of sp³-hybridized carbons (Fsp3) is 0. The number of hydrogen-bond acceptors (Lipinski definition) is 7. The summed E-state index contributed by atoms with van der Waals surface area (Å²) in [5.74, 6) is 0.343. The number of benzene rings is 1. The van der Waals surface area contributed by atoms with Gasteiger partial charge in [0.15, 0.2) is 21.6 Å². The predicted molar refractivity (Wildman–Crippen MR) is 109 cm³/mol. The van der Waals surface area contributed by atoms with Crippen LogP contribution < -0.4 is 5.32 Å². The van der Waals surface area contributed by atoms with Crippen LogP contribution in [-0.2, 0) is 0 Å². The summed E-state index contributed by atoms with van der Waals surface area (Å²) in [7, 11) is 0. The minimum atomic E-state index is -0.291. The number of hydrogen-bond donors (Lipinski definition) is 2. The Morgan fingerprint density at radius 1 is 1.29 bits per heavy atom. The summed E-state index contributed by atoms with van der Waals surface area (Å²) in [5, 5.41) is 13.3. The smallest absolute Gasteiger partial charge is 0.286 e. The minimum absolute atomic E-state index is 0.291. The molecule has 8 nitrogen and oxygen atoms in total. The minimum Gasteiger partial charge on any atom is -0.296 e. The maximum absolute atomic E-state index is 12.2. The van der Waals surface area contributed by atoms with Crippen LogP contribution in [0, 0.1) is 0 Å². The maximum Gasteiger partial charge on any atom is 0.286 e. The number of nitrogens with zero attached hydrogens (tertiary/aromatic N) is 5. The lowest BCUT2D eigenvalue weighted by molar-refractivity contribution is 0.102. The molecule has 1 amide bonds. The first-order valence-electron chi connectivity index (χ1n) is 8.04. The number of carbonyl (C=O) groups excluding carboxylic acids is 1. The van der Waals surface area contributed by atoms with E-state index in [-0.39, 0.29) is 5.91 Å². The summed E-state index contributed by atoms with van der Waals surface area (Å²) < 4.78 is 2.63. The van der Waals surface area contributed by atoms with E-state index in [9.17, 15) is 4.79 Å². The lowest BCUT2D eigenvalue weighted by atomic mass is 10.1. The second-order valence-electron chi connectivity index (χ2n) is 5.66. The van der Waals surface area contributed by atoms with Crippen molar-refractivity contribution in [3.63, 3.8) is 0 Å². The first-order valence-corrected chi connectivity index (χ1v) is 10.1. The summed E-state index contributed by atoms with van der Waals surface area (Å²) in [6, 6.07) is 7.54. The Labute approximate surface area is 170 Å². The first-order chi connectivity index (χ1) is 13.7. The number of thiazole rings is 2. The second kappa shape index (κ2) is 6.82. The van der Waals surface area contributed by atoms with Crippen molar-refractivity contribution in [3.8, 4) is 17.1 Å². The number of halogens is 1. The van der Waals surface area contributed by atoms with Gasteiger partial charge in [0.1, 0.15) is 11.0 Å². The van der Waals surface area contributed by atoms with Gasteiger partial charge in [0.2, 0.25) is 0 Å². The fourth-order valence-corrected chi connectivity index (χ4v) is 4.40. The highest BCUT2D eigenvalue weighted by atomic mass is 35.5. The Balaban J connectivity index is 1.53. The molecule has 4 aromatic heterocycles. The van der Waals surface area contributed by atoms with Crippen LogP contribution in [-0.4, -0.2) is 35.6 Å². The number of aromatic amines is 1. The number of fused-ring (bicyclic) bond motifs is 1. The van der Waals surface area contributed by atoms with Crippen molar-refractivity contribution in [2.45, 2.75) is 0 Å². The Bertz CT molecular complexity index is 1290. The summed E-state index contributed by atoms with van der Waals surface area (Å²) in [6.07, 6.45) is 4.98. The number of nitrogens with one attached hydrogen (secondary N) is 2. The summed E-state index contributed by atoms with van der Waals surface area (Å²) in [4.78, 5) is 24.9. The number of amides is 1. The first kappa shape index (κ1) is 17.0. The van der Waals surface area contributed by atoms with E-state index in [0.717, 1.165) is 16.0 Å². The SMILES string of the molecule is O=C(Nc1nc2[nH]nc(-n3cncc3-c3ccccc3Cl)c2s1)c1nccs1. The number of aromatic nitrogens is 6. The molecule has 0 fully saturated rings. The van der Waals surface area contributed by atoms with Gasteiger partial charge in [-0.25, -0.2) is 15.0 Å². The molecule has 11 heteroatoms. The second-order valence-corrected chi connectivity index (χ2v) is 7.96. The molecular weight excluding hydrogens is 418 g/mol. The van der Waals surface area contributed by atoms with Crippen molar-refractivity contribution in [1.29, 1.82) is 0 Å². The molecule has 28 heavy (non-hydrogen) atoms. The summed E-state index contributed by atoms with van der Waals surface area (Å²) in [5.41, 5.74) is 2.23. The van der Waals surface area contributed by atoms with Gasteiger partial charge in [-0.05, 0) is 6.07 Å². The standard InChI is InChI=1S/C17H10ClN7OS2/c18-10-4-2-1-3-9(10)11-7-19-8-25(11)14-12-13(23-24-14)21-17(28-12)22-15(26)16-20-5-6-27-16/h1-8H,(H2,21,22,23,24,26). The highest BCUT2D eigenvalue weighted by Crippen LogP contribution is 2.34. The third-order valence-corrected chi connectivity index (χ3v) is 6.03. The molecule has 1 aromatic carbocycles. The molecule has 0 spiro atoms. The highest BCUT2D eigenvalue weighted by molar-refractivity contribution is 7.22. The van der Waals surface area contributed by atoms with Gasteiger partial charge in [-0.3, -0.25) is 19.8 Å². The van der Waals surface area contributed by atoms with Crippen molar-refractivity contribution in [1.82, 2.24) is 29.7 Å². The maximum atomic E-state index is 12.2. The molecule has 5 aromatic rings. The third-order valence-electron chi connectivity index (χ3n) is 3.96. The molecule has 0 aliphatic carbocycles. The number of anilines is 1. The van der Waals surface area contributed by atoms with Crippen LogP contribution in [0.25, 0.3) is 27.4 Å². The molecule has 0 radical (unpaired) electrons. The quantitative estimate of drug-likeness (QED) is 0.446. The molecule has 0 aliphatic heterocycles. The number of H-pyrrole nitrogens is 1. The lowest BCUT2D eigenvalue weighted by Gasteiger charge is -2.06. The van der Waals surface area contributed by atoms with Crippen LogP contribution in [0.4, 0.5) is 5.13 Å². The van der Waals surface area contributed by atoms with E-state index in [1.54, 1.807) is 24.1 Å². The van der Waals surface area contributed by atoms with E-state index in [1.807, 2.05) is 28.8 Å². The van der Waals surface area contributed by atoms with Gasteiger partial charge >= 0.3 is 0 Å². The van der Waals surface area contributed by atoms with Crippen LogP contribution in [0.5, 0.6) is 0 Å². The number of rotatable bonds is 4. The van der Waals surface area contributed by atoms with E-state index < -0.39 is 0 Å². The van der Waals surface area contributed by atoms with Crippen LogP contribution in [0.1, 0.15) is 9.80 Å². The lowest BCUT2D eigenvalue weighted by Crippen LogP contribution is -2.10. The molecule has 0 saturated heterocycles. The van der Waals surface area contributed by atoms with Crippen molar-refractivity contribution >= 4 is 55.7 Å². The largest absolute Gasteiger partial charge is 0.296 e. The zero-order chi connectivity index (χ0) is 19.1. The topological polar surface area (TPSA) is 101 Å². The number of carbonyl (C=O) groups is 1. The Morgan fingerprint density at radius 2 is 2.18 bits per heavy atom. The Kier molecular flexibility index (Phi) is 4.15. The van der Waals surface area contributed by atoms with Crippen LogP contribution in [0.3, 0.4) is 0 Å². The van der Waals surface area contributed by atoms with Crippen molar-refractivity contribution < 1.29 is 4.79 Å². The zero-order valence-electron chi connectivity index (χ0n) is 14.0. The van der Waals surface area contributed by atoms with Gasteiger partial charge in [-0.1, -0.05) is 41.1 Å². The highest BCUT2D eigenvalue weighted by Gasteiger charge is 2.19.